The maximum Gasteiger partial charge on any atom is 0.147 e. The van der Waals surface area contributed by atoms with Gasteiger partial charge in [0.05, 0.1) is 23.8 Å². The molecule has 4 nitrogen and oxygen atoms in total. The molecule has 1 aliphatic rings. The Morgan fingerprint density at radius 3 is 2.19 bits per heavy atom. The van der Waals surface area contributed by atoms with Crippen LogP contribution in [0.15, 0.2) is 60.9 Å². The van der Waals surface area contributed by atoms with Gasteiger partial charge in [0.15, 0.2) is 0 Å². The topological polar surface area (TPSA) is 32.3 Å². The number of halogens is 2. The Kier molecular flexibility index (Phi) is 4.48. The van der Waals surface area contributed by atoms with Gasteiger partial charge >= 0.3 is 0 Å². The number of para-hydroxylation sites is 1. The van der Waals surface area contributed by atoms with Crippen molar-refractivity contribution < 1.29 is 8.78 Å². The van der Waals surface area contributed by atoms with Crippen LogP contribution in [0.1, 0.15) is 0 Å². The molecule has 0 atom stereocenters. The zero-order valence-electron chi connectivity index (χ0n) is 14.1. The van der Waals surface area contributed by atoms with Crippen molar-refractivity contribution in [1.29, 1.82) is 0 Å². The summed E-state index contributed by atoms with van der Waals surface area (Å²) in [4.78, 5) is 13.1. The average Bonchev–Trinajstić information content (AvgIpc) is 2.69. The third-order valence-corrected chi connectivity index (χ3v) is 4.56. The van der Waals surface area contributed by atoms with E-state index in [-0.39, 0.29) is 11.6 Å². The van der Waals surface area contributed by atoms with Gasteiger partial charge in [0.2, 0.25) is 0 Å². The van der Waals surface area contributed by atoms with Gasteiger partial charge in [0.1, 0.15) is 17.5 Å². The number of rotatable bonds is 3. The number of anilines is 2. The summed E-state index contributed by atoms with van der Waals surface area (Å²) in [7, 11) is 0. The van der Waals surface area contributed by atoms with Crippen molar-refractivity contribution in [2.24, 2.45) is 0 Å². The molecule has 1 aromatic heterocycles. The van der Waals surface area contributed by atoms with Crippen LogP contribution in [0, 0.1) is 11.6 Å². The largest absolute Gasteiger partial charge is 0.366 e. The predicted octanol–water partition coefficient (Wildman–Crippen LogP) is 3.75. The van der Waals surface area contributed by atoms with E-state index in [0.717, 1.165) is 24.5 Å². The van der Waals surface area contributed by atoms with E-state index in [9.17, 15) is 8.78 Å². The van der Waals surface area contributed by atoms with E-state index in [0.29, 0.717) is 24.5 Å². The zero-order valence-corrected chi connectivity index (χ0v) is 14.1. The lowest BCUT2D eigenvalue weighted by molar-refractivity contribution is 0.596. The van der Waals surface area contributed by atoms with Gasteiger partial charge in [0, 0.05) is 31.7 Å². The predicted molar refractivity (Wildman–Crippen MR) is 98.3 cm³/mol. The molecule has 1 saturated heterocycles. The molecule has 26 heavy (non-hydrogen) atoms. The third-order valence-electron chi connectivity index (χ3n) is 4.56. The average molecular weight is 352 g/mol. The highest BCUT2D eigenvalue weighted by Crippen LogP contribution is 2.23. The van der Waals surface area contributed by atoms with Crippen molar-refractivity contribution in [3.63, 3.8) is 0 Å². The minimum absolute atomic E-state index is 0.195. The molecule has 0 saturated carbocycles. The number of nitrogens with zero attached hydrogens (tertiary/aromatic N) is 4. The van der Waals surface area contributed by atoms with Gasteiger partial charge < -0.3 is 9.80 Å². The Bertz CT molecular complexity index is 890. The fourth-order valence-electron chi connectivity index (χ4n) is 3.15. The summed E-state index contributed by atoms with van der Waals surface area (Å²) in [5, 5.41) is 0. The van der Waals surface area contributed by atoms with E-state index >= 15 is 0 Å². The maximum absolute atomic E-state index is 14.0. The highest BCUT2D eigenvalue weighted by atomic mass is 19.1. The molecule has 132 valence electrons. The normalized spacial score (nSPS) is 14.5. The fourth-order valence-corrected chi connectivity index (χ4v) is 3.15. The Balaban J connectivity index is 1.49. The molecule has 0 bridgehead atoms. The molecule has 0 spiro atoms. The highest BCUT2D eigenvalue weighted by Gasteiger charge is 2.20. The molecule has 2 aromatic carbocycles. The second-order valence-corrected chi connectivity index (χ2v) is 6.19. The quantitative estimate of drug-likeness (QED) is 0.719. The summed E-state index contributed by atoms with van der Waals surface area (Å²) in [6.45, 7) is 2.89. The van der Waals surface area contributed by atoms with Crippen LogP contribution < -0.4 is 9.80 Å². The van der Waals surface area contributed by atoms with E-state index < -0.39 is 0 Å². The lowest BCUT2D eigenvalue weighted by Crippen LogP contribution is -2.47. The van der Waals surface area contributed by atoms with Gasteiger partial charge in [-0.25, -0.2) is 13.8 Å². The summed E-state index contributed by atoms with van der Waals surface area (Å²) in [5.74, 6) is 0.307. The van der Waals surface area contributed by atoms with Crippen LogP contribution in [0.3, 0.4) is 0 Å². The number of hydrogen-bond donors (Lipinski definition) is 0. The smallest absolute Gasteiger partial charge is 0.147 e. The first-order valence-electron chi connectivity index (χ1n) is 8.53. The summed E-state index contributed by atoms with van der Waals surface area (Å²) in [5.41, 5.74) is 2.17. The second-order valence-electron chi connectivity index (χ2n) is 6.19. The molecule has 6 heteroatoms. The Morgan fingerprint density at radius 1 is 0.769 bits per heavy atom. The van der Waals surface area contributed by atoms with E-state index in [1.807, 2.05) is 11.0 Å². The van der Waals surface area contributed by atoms with Crippen LogP contribution in [0.4, 0.5) is 20.3 Å². The van der Waals surface area contributed by atoms with E-state index in [1.165, 1.54) is 18.2 Å². The third kappa shape index (κ3) is 3.35. The Morgan fingerprint density at radius 2 is 1.46 bits per heavy atom. The molecule has 3 aromatic rings. The number of benzene rings is 2. The number of piperazine rings is 1. The van der Waals surface area contributed by atoms with Gasteiger partial charge in [-0.2, -0.15) is 0 Å². The minimum Gasteiger partial charge on any atom is -0.366 e. The molecule has 1 aliphatic heterocycles. The minimum atomic E-state index is -0.276. The molecule has 0 radical (unpaired) electrons. The summed E-state index contributed by atoms with van der Waals surface area (Å²) < 4.78 is 27.1. The van der Waals surface area contributed by atoms with Crippen LogP contribution in [0.5, 0.6) is 0 Å². The lowest BCUT2D eigenvalue weighted by Gasteiger charge is -2.36. The van der Waals surface area contributed by atoms with Gasteiger partial charge in [-0.05, 0) is 36.4 Å². The van der Waals surface area contributed by atoms with Crippen LogP contribution in [0.25, 0.3) is 11.3 Å². The van der Waals surface area contributed by atoms with Gasteiger partial charge in [-0.1, -0.05) is 12.1 Å². The molecule has 0 unspecified atom stereocenters. The number of hydrogen-bond acceptors (Lipinski definition) is 4. The van der Waals surface area contributed by atoms with Crippen molar-refractivity contribution >= 4 is 11.5 Å². The maximum atomic E-state index is 14.0. The molecule has 2 heterocycles. The molecular formula is C20H18F2N4. The Labute approximate surface area is 150 Å². The van der Waals surface area contributed by atoms with E-state index in [4.69, 9.17) is 0 Å². The summed E-state index contributed by atoms with van der Waals surface area (Å²) >= 11 is 0. The molecule has 0 aliphatic carbocycles. The van der Waals surface area contributed by atoms with Crippen molar-refractivity contribution in [3.05, 3.63) is 72.6 Å². The SMILES string of the molecule is Fc1ccc(-c2cncc(N3CCN(c4ccccc4F)CC3)n2)cc1. The molecular weight excluding hydrogens is 334 g/mol. The van der Waals surface area contributed by atoms with Crippen molar-refractivity contribution in [3.8, 4) is 11.3 Å². The first kappa shape index (κ1) is 16.4. The van der Waals surface area contributed by atoms with Crippen molar-refractivity contribution in [1.82, 2.24) is 9.97 Å². The van der Waals surface area contributed by atoms with Crippen molar-refractivity contribution in [2.45, 2.75) is 0 Å². The number of aromatic nitrogens is 2. The van der Waals surface area contributed by atoms with Crippen LogP contribution in [-0.4, -0.2) is 36.1 Å². The van der Waals surface area contributed by atoms with E-state index in [1.54, 1.807) is 36.7 Å². The van der Waals surface area contributed by atoms with Crippen molar-refractivity contribution in [2.75, 3.05) is 36.0 Å². The molecule has 1 fully saturated rings. The van der Waals surface area contributed by atoms with Gasteiger partial charge in [-0.3, -0.25) is 4.98 Å². The summed E-state index contributed by atoms with van der Waals surface area (Å²) in [6, 6.07) is 13.1. The lowest BCUT2D eigenvalue weighted by atomic mass is 10.1. The Hall–Kier alpha value is -3.02. The first-order chi connectivity index (χ1) is 12.7. The summed E-state index contributed by atoms with van der Waals surface area (Å²) in [6.07, 6.45) is 3.40. The molecule has 0 N–H and O–H groups in total. The van der Waals surface area contributed by atoms with Crippen LogP contribution >= 0.6 is 0 Å². The molecule has 0 amide bonds. The van der Waals surface area contributed by atoms with Crippen LogP contribution in [-0.2, 0) is 0 Å². The van der Waals surface area contributed by atoms with Crippen LogP contribution in [0.2, 0.25) is 0 Å². The second kappa shape index (κ2) is 7.07. The highest BCUT2D eigenvalue weighted by molar-refractivity contribution is 5.60. The standard InChI is InChI=1S/C20H18F2N4/c21-16-7-5-15(6-8-16)18-13-23-14-20(24-18)26-11-9-25(10-12-26)19-4-2-1-3-17(19)22/h1-8,13-14H,9-12H2. The van der Waals surface area contributed by atoms with Gasteiger partial charge in [-0.15, -0.1) is 0 Å². The molecule has 4 rings (SSSR count). The van der Waals surface area contributed by atoms with E-state index in [2.05, 4.69) is 14.9 Å². The monoisotopic (exact) mass is 352 g/mol. The first-order valence-corrected chi connectivity index (χ1v) is 8.53. The zero-order chi connectivity index (χ0) is 17.9. The fraction of sp³-hybridized carbons (Fsp3) is 0.200. The van der Waals surface area contributed by atoms with Gasteiger partial charge in [0.25, 0.3) is 0 Å².